The van der Waals surface area contributed by atoms with Gasteiger partial charge in [0.15, 0.2) is 11.6 Å². The highest BCUT2D eigenvalue weighted by atomic mass is 16.2. The van der Waals surface area contributed by atoms with Crippen LogP contribution < -0.4 is 0 Å². The van der Waals surface area contributed by atoms with Gasteiger partial charge in [-0.15, -0.1) is 0 Å². The number of aryl methyl sites for hydroxylation is 1. The van der Waals surface area contributed by atoms with Gasteiger partial charge in [-0.1, -0.05) is 31.2 Å². The van der Waals surface area contributed by atoms with Gasteiger partial charge >= 0.3 is 0 Å². The molecule has 82 valence electrons. The molecule has 2 aliphatic carbocycles. The van der Waals surface area contributed by atoms with Crippen LogP contribution in [0.5, 0.6) is 0 Å². The lowest BCUT2D eigenvalue weighted by molar-refractivity contribution is -0.130. The van der Waals surface area contributed by atoms with E-state index in [-0.39, 0.29) is 17.5 Å². The number of benzene rings is 1. The molecule has 0 amide bonds. The molecule has 0 N–H and O–H groups in total. The third kappa shape index (κ3) is 0.972. The lowest BCUT2D eigenvalue weighted by Gasteiger charge is -2.21. The molecule has 1 aromatic carbocycles. The highest BCUT2D eigenvalue weighted by Crippen LogP contribution is 2.47. The van der Waals surface area contributed by atoms with Crippen molar-refractivity contribution in [2.45, 2.75) is 31.6 Å². The van der Waals surface area contributed by atoms with Crippen LogP contribution in [0.4, 0.5) is 0 Å². The van der Waals surface area contributed by atoms with E-state index < -0.39 is 5.41 Å². The lowest BCUT2D eigenvalue weighted by atomic mass is 9.78. The first-order valence-electron chi connectivity index (χ1n) is 5.82. The van der Waals surface area contributed by atoms with Gasteiger partial charge in [0.2, 0.25) is 0 Å². The van der Waals surface area contributed by atoms with Crippen LogP contribution in [0.3, 0.4) is 0 Å². The van der Waals surface area contributed by atoms with Crippen molar-refractivity contribution in [3.05, 3.63) is 35.4 Å². The van der Waals surface area contributed by atoms with Crippen LogP contribution in [0.25, 0.3) is 0 Å². The molecular weight excluding hydrogens is 200 g/mol. The first kappa shape index (κ1) is 9.76. The zero-order valence-corrected chi connectivity index (χ0v) is 9.32. The summed E-state index contributed by atoms with van der Waals surface area (Å²) in [4.78, 5) is 24.4. The van der Waals surface area contributed by atoms with Crippen LogP contribution in [-0.2, 0) is 21.4 Å². The molecule has 0 heterocycles. The van der Waals surface area contributed by atoms with Crippen LogP contribution in [0, 0.1) is 5.92 Å². The molecule has 1 fully saturated rings. The van der Waals surface area contributed by atoms with Crippen molar-refractivity contribution in [1.82, 2.24) is 0 Å². The van der Waals surface area contributed by atoms with Gasteiger partial charge in [0.1, 0.15) is 5.41 Å². The van der Waals surface area contributed by atoms with E-state index in [1.165, 1.54) is 5.56 Å². The van der Waals surface area contributed by atoms with Gasteiger partial charge in [-0.05, 0) is 24.0 Å². The van der Waals surface area contributed by atoms with Crippen LogP contribution in [-0.4, -0.2) is 11.6 Å². The molecule has 1 saturated carbocycles. The second kappa shape index (κ2) is 3.03. The van der Waals surface area contributed by atoms with Gasteiger partial charge < -0.3 is 0 Å². The van der Waals surface area contributed by atoms with Crippen molar-refractivity contribution in [2.75, 3.05) is 0 Å². The van der Waals surface area contributed by atoms with Gasteiger partial charge in [0, 0.05) is 12.3 Å². The topological polar surface area (TPSA) is 34.1 Å². The fourth-order valence-electron chi connectivity index (χ4n) is 3.26. The molecule has 0 radical (unpaired) electrons. The number of ketones is 2. The summed E-state index contributed by atoms with van der Waals surface area (Å²) in [5.41, 5.74) is 1.39. The normalized spacial score (nSPS) is 32.4. The summed E-state index contributed by atoms with van der Waals surface area (Å²) in [6.45, 7) is 1.87. The highest BCUT2D eigenvalue weighted by Gasteiger charge is 2.56. The first-order valence-corrected chi connectivity index (χ1v) is 5.82. The standard InChI is InChI=1S/C14H14O2/c1-9-8-12(15)14(13(9)16)7-6-10-4-2-3-5-11(10)14/h2-5,9H,6-8H2,1H3/t9-,14+/m0/s1. The molecule has 2 nitrogen and oxygen atoms in total. The Balaban J connectivity index is 2.22. The van der Waals surface area contributed by atoms with Crippen LogP contribution in [0.1, 0.15) is 30.9 Å². The molecule has 16 heavy (non-hydrogen) atoms. The van der Waals surface area contributed by atoms with E-state index in [0.717, 1.165) is 12.0 Å². The molecule has 0 saturated heterocycles. The third-order valence-corrected chi connectivity index (χ3v) is 4.08. The van der Waals surface area contributed by atoms with Crippen LogP contribution in [0.15, 0.2) is 24.3 Å². The van der Waals surface area contributed by atoms with E-state index in [1.54, 1.807) is 0 Å². The summed E-state index contributed by atoms with van der Waals surface area (Å²) < 4.78 is 0. The van der Waals surface area contributed by atoms with Gasteiger partial charge in [0.05, 0.1) is 0 Å². The molecule has 1 spiro atoms. The van der Waals surface area contributed by atoms with E-state index in [1.807, 2.05) is 31.2 Å². The lowest BCUT2D eigenvalue weighted by Crippen LogP contribution is -2.36. The van der Waals surface area contributed by atoms with Gasteiger partial charge in [-0.3, -0.25) is 9.59 Å². The first-order chi connectivity index (χ1) is 7.66. The number of carbonyl (C=O) groups excluding carboxylic acids is 2. The smallest absolute Gasteiger partial charge is 0.154 e. The van der Waals surface area contributed by atoms with Crippen molar-refractivity contribution in [3.63, 3.8) is 0 Å². The average Bonchev–Trinajstić information content (AvgIpc) is 2.77. The zero-order valence-electron chi connectivity index (χ0n) is 9.32. The number of carbonyl (C=O) groups is 2. The van der Waals surface area contributed by atoms with E-state index >= 15 is 0 Å². The Labute approximate surface area is 94.7 Å². The third-order valence-electron chi connectivity index (χ3n) is 4.08. The summed E-state index contributed by atoms with van der Waals surface area (Å²) in [7, 11) is 0. The quantitative estimate of drug-likeness (QED) is 0.619. The molecule has 0 bridgehead atoms. The van der Waals surface area contributed by atoms with Gasteiger partial charge in [-0.2, -0.15) is 0 Å². The maximum Gasteiger partial charge on any atom is 0.154 e. The maximum atomic E-state index is 12.3. The summed E-state index contributed by atoms with van der Waals surface area (Å²) in [5, 5.41) is 0. The highest BCUT2D eigenvalue weighted by molar-refractivity contribution is 6.19. The van der Waals surface area contributed by atoms with Crippen LogP contribution >= 0.6 is 0 Å². The Hall–Kier alpha value is -1.44. The van der Waals surface area contributed by atoms with Crippen molar-refractivity contribution < 1.29 is 9.59 Å². The minimum absolute atomic E-state index is 0.0985. The number of rotatable bonds is 0. The van der Waals surface area contributed by atoms with Crippen molar-refractivity contribution in [1.29, 1.82) is 0 Å². The van der Waals surface area contributed by atoms with E-state index in [2.05, 4.69) is 0 Å². The minimum Gasteiger partial charge on any atom is -0.298 e. The number of hydrogen-bond acceptors (Lipinski definition) is 2. The number of fused-ring (bicyclic) bond motifs is 2. The summed E-state index contributed by atoms with van der Waals surface area (Å²) >= 11 is 0. The molecule has 0 aromatic heterocycles. The number of hydrogen-bond donors (Lipinski definition) is 0. The molecule has 0 aliphatic heterocycles. The maximum absolute atomic E-state index is 12.3. The Kier molecular flexibility index (Phi) is 1.85. The van der Waals surface area contributed by atoms with Crippen molar-refractivity contribution in [2.24, 2.45) is 5.92 Å². The second-order valence-corrected chi connectivity index (χ2v) is 4.96. The molecule has 1 aromatic rings. The van der Waals surface area contributed by atoms with Crippen LogP contribution in [0.2, 0.25) is 0 Å². The fourth-order valence-corrected chi connectivity index (χ4v) is 3.26. The summed E-state index contributed by atoms with van der Waals surface area (Å²) in [5.74, 6) is 0.177. The Morgan fingerprint density at radius 3 is 2.69 bits per heavy atom. The predicted molar refractivity (Wildman–Crippen MR) is 60.2 cm³/mol. The molecule has 0 unspecified atom stereocenters. The Morgan fingerprint density at radius 2 is 2.00 bits per heavy atom. The molecule has 2 heteroatoms. The molecular formula is C14H14O2. The Bertz CT molecular complexity index is 489. The predicted octanol–water partition coefficient (Wildman–Crippen LogP) is 2.05. The van der Waals surface area contributed by atoms with Gasteiger partial charge in [-0.25, -0.2) is 0 Å². The second-order valence-electron chi connectivity index (χ2n) is 4.96. The number of Topliss-reactive ketones (excluding diaryl/α,β-unsaturated/α-hetero) is 2. The molecule has 2 aliphatic rings. The monoisotopic (exact) mass is 214 g/mol. The van der Waals surface area contributed by atoms with E-state index in [0.29, 0.717) is 12.8 Å². The summed E-state index contributed by atoms with van der Waals surface area (Å²) in [6, 6.07) is 7.89. The minimum atomic E-state index is -0.768. The molecule has 3 rings (SSSR count). The summed E-state index contributed by atoms with van der Waals surface area (Å²) in [6.07, 6.45) is 1.97. The van der Waals surface area contributed by atoms with E-state index in [9.17, 15) is 9.59 Å². The molecule has 2 atom stereocenters. The van der Waals surface area contributed by atoms with Gasteiger partial charge in [0.25, 0.3) is 0 Å². The largest absolute Gasteiger partial charge is 0.298 e. The fraction of sp³-hybridized carbons (Fsp3) is 0.429. The van der Waals surface area contributed by atoms with E-state index in [4.69, 9.17) is 0 Å². The average molecular weight is 214 g/mol. The Morgan fingerprint density at radius 1 is 1.25 bits per heavy atom. The SMILES string of the molecule is C[C@H]1CC(=O)[C@]2(CCc3ccccc32)C1=O. The van der Waals surface area contributed by atoms with Crippen molar-refractivity contribution in [3.8, 4) is 0 Å². The van der Waals surface area contributed by atoms with Crippen molar-refractivity contribution >= 4 is 11.6 Å². The zero-order chi connectivity index (χ0) is 11.3.